The number of aromatic nitrogens is 1. The molecule has 0 radical (unpaired) electrons. The Bertz CT molecular complexity index is 1070. The van der Waals surface area contributed by atoms with Crippen LogP contribution in [0.3, 0.4) is 0 Å². The average Bonchev–Trinajstić information content (AvgIpc) is 3.22. The number of hydrogen-bond acceptors (Lipinski definition) is 2. The normalized spacial score (nSPS) is 15.3. The highest BCUT2D eigenvalue weighted by Crippen LogP contribution is 2.30. The van der Waals surface area contributed by atoms with Crippen LogP contribution in [0.15, 0.2) is 97.1 Å². The van der Waals surface area contributed by atoms with Crippen molar-refractivity contribution in [3.8, 4) is 11.3 Å². The molecule has 1 aromatic heterocycles. The molecule has 5 rings (SSSR count). The van der Waals surface area contributed by atoms with Gasteiger partial charge in [0, 0.05) is 44.1 Å². The van der Waals surface area contributed by atoms with Gasteiger partial charge in [-0.05, 0) is 35.2 Å². The Kier molecular flexibility index (Phi) is 6.20. The average molecular weight is 422 g/mol. The minimum atomic E-state index is 0.316. The van der Waals surface area contributed by atoms with E-state index in [0.717, 1.165) is 32.7 Å². The molecule has 0 saturated carbocycles. The molecule has 3 aromatic carbocycles. The standard InChI is InChI=1S/C29H31N3/c1-23-21-27(24-11-5-2-6-12-24)30-28(23)22-31-17-19-32(20-18-31)29(25-13-7-3-8-14-25)26-15-9-4-10-16-26/h2-16,21,29-30H,17-20,22H2,1H3. The first-order chi connectivity index (χ1) is 15.8. The first kappa shape index (κ1) is 20.7. The zero-order chi connectivity index (χ0) is 21.8. The molecule has 4 aromatic rings. The maximum absolute atomic E-state index is 3.68. The second-order valence-electron chi connectivity index (χ2n) is 8.75. The van der Waals surface area contributed by atoms with E-state index in [-0.39, 0.29) is 0 Å². The molecule has 1 aliphatic rings. The molecule has 1 N–H and O–H groups in total. The quantitative estimate of drug-likeness (QED) is 0.419. The summed E-state index contributed by atoms with van der Waals surface area (Å²) in [5.41, 5.74) is 7.89. The van der Waals surface area contributed by atoms with Gasteiger partial charge in [0.05, 0.1) is 6.04 Å². The lowest BCUT2D eigenvalue weighted by Gasteiger charge is -2.39. The molecule has 0 aliphatic carbocycles. The van der Waals surface area contributed by atoms with Gasteiger partial charge in [0.2, 0.25) is 0 Å². The Hall–Kier alpha value is -3.14. The third-order valence-corrected chi connectivity index (χ3v) is 6.59. The molecule has 162 valence electrons. The van der Waals surface area contributed by atoms with Gasteiger partial charge in [0.25, 0.3) is 0 Å². The predicted molar refractivity (Wildman–Crippen MR) is 133 cm³/mol. The summed E-state index contributed by atoms with van der Waals surface area (Å²) in [6, 6.07) is 35.1. The zero-order valence-electron chi connectivity index (χ0n) is 18.7. The van der Waals surface area contributed by atoms with Gasteiger partial charge in [-0.3, -0.25) is 9.80 Å². The van der Waals surface area contributed by atoms with E-state index < -0.39 is 0 Å². The van der Waals surface area contributed by atoms with Crippen LogP contribution in [0.4, 0.5) is 0 Å². The molecule has 3 nitrogen and oxygen atoms in total. The third kappa shape index (κ3) is 4.55. The van der Waals surface area contributed by atoms with Crippen LogP contribution in [0.5, 0.6) is 0 Å². The van der Waals surface area contributed by atoms with Gasteiger partial charge >= 0.3 is 0 Å². The number of rotatable bonds is 6. The molecule has 0 amide bonds. The Balaban J connectivity index is 1.28. The summed E-state index contributed by atoms with van der Waals surface area (Å²) >= 11 is 0. The maximum Gasteiger partial charge on any atom is 0.0602 e. The summed E-state index contributed by atoms with van der Waals surface area (Å²) in [7, 11) is 0. The van der Waals surface area contributed by atoms with Crippen LogP contribution in [0.2, 0.25) is 0 Å². The number of piperazine rings is 1. The Morgan fingerprint density at radius 2 is 1.25 bits per heavy atom. The monoisotopic (exact) mass is 421 g/mol. The summed E-state index contributed by atoms with van der Waals surface area (Å²) in [6.45, 7) is 7.49. The number of nitrogens with one attached hydrogen (secondary N) is 1. The molecule has 0 spiro atoms. The molecule has 3 heteroatoms. The first-order valence-corrected chi connectivity index (χ1v) is 11.6. The molecule has 1 saturated heterocycles. The van der Waals surface area contributed by atoms with Crippen LogP contribution in [0, 0.1) is 6.92 Å². The number of benzene rings is 3. The van der Waals surface area contributed by atoms with Crippen molar-refractivity contribution in [1.82, 2.24) is 14.8 Å². The maximum atomic E-state index is 3.68. The van der Waals surface area contributed by atoms with Crippen molar-refractivity contribution in [2.45, 2.75) is 19.5 Å². The van der Waals surface area contributed by atoms with E-state index >= 15 is 0 Å². The van der Waals surface area contributed by atoms with E-state index in [9.17, 15) is 0 Å². The Morgan fingerprint density at radius 1 is 0.719 bits per heavy atom. The van der Waals surface area contributed by atoms with Gasteiger partial charge < -0.3 is 4.98 Å². The molecule has 1 fully saturated rings. The van der Waals surface area contributed by atoms with Gasteiger partial charge in [-0.2, -0.15) is 0 Å². The summed E-state index contributed by atoms with van der Waals surface area (Å²) < 4.78 is 0. The van der Waals surface area contributed by atoms with Gasteiger partial charge in [-0.25, -0.2) is 0 Å². The van der Waals surface area contributed by atoms with Crippen molar-refractivity contribution in [1.29, 1.82) is 0 Å². The topological polar surface area (TPSA) is 22.3 Å². The van der Waals surface area contributed by atoms with E-state index in [2.05, 4.69) is 119 Å². The fourth-order valence-corrected chi connectivity index (χ4v) is 4.83. The molecule has 0 atom stereocenters. The molecule has 2 heterocycles. The molecule has 32 heavy (non-hydrogen) atoms. The highest BCUT2D eigenvalue weighted by molar-refractivity contribution is 5.61. The third-order valence-electron chi connectivity index (χ3n) is 6.59. The lowest BCUT2D eigenvalue weighted by molar-refractivity contribution is 0.104. The van der Waals surface area contributed by atoms with Gasteiger partial charge in [-0.15, -0.1) is 0 Å². The SMILES string of the molecule is Cc1cc(-c2ccccc2)[nH]c1CN1CCN(C(c2ccccc2)c2ccccc2)CC1. The van der Waals surface area contributed by atoms with E-state index in [1.807, 2.05) is 0 Å². The highest BCUT2D eigenvalue weighted by atomic mass is 15.3. The summed E-state index contributed by atoms with van der Waals surface area (Å²) in [4.78, 5) is 8.89. The van der Waals surface area contributed by atoms with Crippen LogP contribution >= 0.6 is 0 Å². The zero-order valence-corrected chi connectivity index (χ0v) is 18.7. The van der Waals surface area contributed by atoms with Gasteiger partial charge in [-0.1, -0.05) is 91.0 Å². The Labute approximate surface area is 191 Å². The smallest absolute Gasteiger partial charge is 0.0602 e. The number of hydrogen-bond donors (Lipinski definition) is 1. The van der Waals surface area contributed by atoms with Gasteiger partial charge in [0.1, 0.15) is 0 Å². The number of aryl methyl sites for hydroxylation is 1. The second kappa shape index (κ2) is 9.56. The van der Waals surface area contributed by atoms with Crippen LogP contribution < -0.4 is 0 Å². The molecular weight excluding hydrogens is 390 g/mol. The number of aromatic amines is 1. The highest BCUT2D eigenvalue weighted by Gasteiger charge is 2.26. The van der Waals surface area contributed by atoms with E-state index in [0.29, 0.717) is 6.04 Å². The van der Waals surface area contributed by atoms with Crippen LogP contribution in [0.1, 0.15) is 28.4 Å². The van der Waals surface area contributed by atoms with Crippen molar-refractivity contribution < 1.29 is 0 Å². The van der Waals surface area contributed by atoms with Crippen molar-refractivity contribution in [3.63, 3.8) is 0 Å². The number of H-pyrrole nitrogens is 1. The molecular formula is C29H31N3. The Morgan fingerprint density at radius 3 is 1.81 bits per heavy atom. The van der Waals surface area contributed by atoms with E-state index in [1.165, 1.54) is 33.6 Å². The summed E-state index contributed by atoms with van der Waals surface area (Å²) in [5.74, 6) is 0. The predicted octanol–water partition coefficient (Wildman–Crippen LogP) is 5.90. The number of nitrogens with zero attached hydrogens (tertiary/aromatic N) is 2. The van der Waals surface area contributed by atoms with E-state index in [1.54, 1.807) is 0 Å². The molecule has 0 bridgehead atoms. The lowest BCUT2D eigenvalue weighted by atomic mass is 9.96. The minimum Gasteiger partial charge on any atom is -0.357 e. The lowest BCUT2D eigenvalue weighted by Crippen LogP contribution is -2.47. The minimum absolute atomic E-state index is 0.316. The van der Waals surface area contributed by atoms with E-state index in [4.69, 9.17) is 0 Å². The fourth-order valence-electron chi connectivity index (χ4n) is 4.83. The van der Waals surface area contributed by atoms with Crippen molar-refractivity contribution >= 4 is 0 Å². The van der Waals surface area contributed by atoms with Crippen LogP contribution in [-0.2, 0) is 6.54 Å². The largest absolute Gasteiger partial charge is 0.357 e. The summed E-state index contributed by atoms with van der Waals surface area (Å²) in [6.07, 6.45) is 0. The van der Waals surface area contributed by atoms with Crippen molar-refractivity contribution in [2.75, 3.05) is 26.2 Å². The summed E-state index contributed by atoms with van der Waals surface area (Å²) in [5, 5.41) is 0. The fraction of sp³-hybridized carbons (Fsp3) is 0.241. The molecule has 1 aliphatic heterocycles. The van der Waals surface area contributed by atoms with Crippen molar-refractivity contribution in [3.05, 3.63) is 119 Å². The van der Waals surface area contributed by atoms with Crippen molar-refractivity contribution in [2.24, 2.45) is 0 Å². The first-order valence-electron chi connectivity index (χ1n) is 11.6. The van der Waals surface area contributed by atoms with Gasteiger partial charge in [0.15, 0.2) is 0 Å². The van der Waals surface area contributed by atoms with Crippen LogP contribution in [-0.4, -0.2) is 41.0 Å². The molecule has 0 unspecified atom stereocenters. The second-order valence-corrected chi connectivity index (χ2v) is 8.75. The van der Waals surface area contributed by atoms with Crippen LogP contribution in [0.25, 0.3) is 11.3 Å².